The van der Waals surface area contributed by atoms with Crippen molar-refractivity contribution < 1.29 is 9.59 Å². The van der Waals surface area contributed by atoms with Crippen molar-refractivity contribution in [1.29, 1.82) is 0 Å². The molecule has 0 aliphatic carbocycles. The molecule has 1 N–H and O–H groups in total. The Morgan fingerprint density at radius 1 is 0.964 bits per heavy atom. The van der Waals surface area contributed by atoms with E-state index in [0.717, 1.165) is 38.4 Å². The maximum absolute atomic E-state index is 12.8. The molecule has 0 bridgehead atoms. The van der Waals surface area contributed by atoms with Gasteiger partial charge in [-0.15, -0.1) is 0 Å². The zero-order valence-electron chi connectivity index (χ0n) is 16.2. The third-order valence-electron chi connectivity index (χ3n) is 5.60. The molecule has 0 unspecified atom stereocenters. The van der Waals surface area contributed by atoms with Crippen molar-refractivity contribution in [2.75, 3.05) is 44.2 Å². The van der Waals surface area contributed by atoms with Crippen LogP contribution in [0.4, 0.5) is 10.5 Å². The zero-order chi connectivity index (χ0) is 19.5. The third kappa shape index (κ3) is 3.87. The van der Waals surface area contributed by atoms with Gasteiger partial charge in [-0.1, -0.05) is 24.3 Å². The van der Waals surface area contributed by atoms with E-state index in [2.05, 4.69) is 41.4 Å². The van der Waals surface area contributed by atoms with Crippen molar-refractivity contribution in [1.82, 2.24) is 15.1 Å². The van der Waals surface area contributed by atoms with Gasteiger partial charge in [0.25, 0.3) is 5.91 Å². The van der Waals surface area contributed by atoms with Crippen LogP contribution in [0.5, 0.6) is 0 Å². The molecule has 2 saturated heterocycles. The second-order valence-electron chi connectivity index (χ2n) is 7.43. The van der Waals surface area contributed by atoms with E-state index in [9.17, 15) is 9.59 Å². The number of hydrogen-bond donors (Lipinski definition) is 1. The number of aryl methyl sites for hydroxylation is 1. The highest BCUT2D eigenvalue weighted by Crippen LogP contribution is 2.19. The highest BCUT2D eigenvalue weighted by Gasteiger charge is 2.24. The van der Waals surface area contributed by atoms with E-state index in [-0.39, 0.29) is 11.9 Å². The normalized spacial score (nSPS) is 17.7. The Morgan fingerprint density at radius 3 is 2.32 bits per heavy atom. The summed E-state index contributed by atoms with van der Waals surface area (Å²) in [5, 5.41) is 2.79. The Kier molecular flexibility index (Phi) is 5.30. The van der Waals surface area contributed by atoms with Crippen molar-refractivity contribution in [3.05, 3.63) is 65.2 Å². The number of urea groups is 1. The molecule has 0 saturated carbocycles. The first kappa shape index (κ1) is 18.5. The van der Waals surface area contributed by atoms with Crippen LogP contribution in [0.1, 0.15) is 21.5 Å². The van der Waals surface area contributed by atoms with Gasteiger partial charge in [0.2, 0.25) is 0 Å². The molecule has 0 spiro atoms. The van der Waals surface area contributed by atoms with Gasteiger partial charge >= 0.3 is 6.03 Å². The van der Waals surface area contributed by atoms with Crippen LogP contribution in [0.3, 0.4) is 0 Å². The van der Waals surface area contributed by atoms with E-state index >= 15 is 0 Å². The predicted octanol–water partition coefficient (Wildman–Crippen LogP) is 2.48. The number of amides is 3. The van der Waals surface area contributed by atoms with E-state index in [1.807, 2.05) is 29.2 Å². The molecule has 2 heterocycles. The zero-order valence-corrected chi connectivity index (χ0v) is 16.2. The quantitative estimate of drug-likeness (QED) is 0.889. The summed E-state index contributed by atoms with van der Waals surface area (Å²) in [6.07, 6.45) is 0. The average molecular weight is 378 g/mol. The lowest BCUT2D eigenvalue weighted by Crippen LogP contribution is -2.48. The summed E-state index contributed by atoms with van der Waals surface area (Å²) in [6.45, 7) is 7.63. The van der Waals surface area contributed by atoms with Gasteiger partial charge in [-0.25, -0.2) is 4.79 Å². The fraction of sp³-hybridized carbons (Fsp3) is 0.364. The first-order valence-corrected chi connectivity index (χ1v) is 9.83. The fourth-order valence-electron chi connectivity index (χ4n) is 3.82. The van der Waals surface area contributed by atoms with Gasteiger partial charge in [-0.3, -0.25) is 14.6 Å². The molecule has 6 nitrogen and oxygen atoms in total. The van der Waals surface area contributed by atoms with Crippen molar-refractivity contribution in [3.8, 4) is 0 Å². The summed E-state index contributed by atoms with van der Waals surface area (Å²) in [6, 6.07) is 15.7. The van der Waals surface area contributed by atoms with E-state index in [4.69, 9.17) is 0 Å². The van der Waals surface area contributed by atoms with Gasteiger partial charge in [0.15, 0.2) is 0 Å². The Hall–Kier alpha value is -2.86. The second kappa shape index (κ2) is 8.02. The average Bonchev–Trinajstić information content (AvgIpc) is 3.16. The Bertz CT molecular complexity index is 857. The van der Waals surface area contributed by atoms with Crippen LogP contribution in [0.2, 0.25) is 0 Å². The minimum absolute atomic E-state index is 0.0629. The number of rotatable bonds is 4. The maximum atomic E-state index is 12.8. The Labute approximate surface area is 165 Å². The lowest BCUT2D eigenvalue weighted by atomic mass is 10.1. The fourth-order valence-corrected chi connectivity index (χ4v) is 3.82. The molecule has 146 valence electrons. The number of nitrogens with one attached hydrogen (secondary N) is 1. The van der Waals surface area contributed by atoms with Gasteiger partial charge in [-0.05, 0) is 42.3 Å². The molecule has 6 heteroatoms. The number of nitrogens with zero attached hydrogens (tertiary/aromatic N) is 3. The predicted molar refractivity (Wildman–Crippen MR) is 110 cm³/mol. The summed E-state index contributed by atoms with van der Waals surface area (Å²) in [4.78, 5) is 30.6. The minimum Gasteiger partial charge on any atom is -0.336 e. The van der Waals surface area contributed by atoms with Crippen LogP contribution >= 0.6 is 0 Å². The first-order chi connectivity index (χ1) is 13.6. The molecule has 2 aromatic carbocycles. The standard InChI is InChI=1S/C22H26N4O2/c1-17-4-2-3-5-19(17)16-24-12-14-25(15-13-24)21(27)18-6-8-20(9-7-18)26-11-10-23-22(26)28/h2-9H,10-16H2,1H3,(H,23,28). The van der Waals surface area contributed by atoms with E-state index in [0.29, 0.717) is 18.7 Å². The van der Waals surface area contributed by atoms with E-state index in [1.165, 1.54) is 11.1 Å². The maximum Gasteiger partial charge on any atom is 0.321 e. The summed E-state index contributed by atoms with van der Waals surface area (Å²) in [7, 11) is 0. The van der Waals surface area contributed by atoms with E-state index in [1.54, 1.807) is 4.90 Å². The molecule has 2 aliphatic heterocycles. The Balaban J connectivity index is 1.33. The minimum atomic E-state index is -0.0798. The van der Waals surface area contributed by atoms with Crippen LogP contribution in [-0.2, 0) is 6.54 Å². The molecule has 0 aromatic heterocycles. The number of carbonyl (C=O) groups is 2. The van der Waals surface area contributed by atoms with Crippen LogP contribution in [0.25, 0.3) is 0 Å². The molecule has 0 radical (unpaired) electrons. The van der Waals surface area contributed by atoms with Crippen LogP contribution < -0.4 is 10.2 Å². The molecule has 4 rings (SSSR count). The van der Waals surface area contributed by atoms with Crippen molar-refractivity contribution >= 4 is 17.6 Å². The molecule has 2 aromatic rings. The third-order valence-corrected chi connectivity index (χ3v) is 5.60. The number of anilines is 1. The van der Waals surface area contributed by atoms with Gasteiger partial charge in [0.05, 0.1) is 0 Å². The van der Waals surface area contributed by atoms with Crippen LogP contribution in [-0.4, -0.2) is 61.0 Å². The molecular formula is C22H26N4O2. The van der Waals surface area contributed by atoms with Crippen molar-refractivity contribution in [3.63, 3.8) is 0 Å². The van der Waals surface area contributed by atoms with Crippen LogP contribution in [0.15, 0.2) is 48.5 Å². The highest BCUT2D eigenvalue weighted by molar-refractivity contribution is 5.97. The second-order valence-corrected chi connectivity index (χ2v) is 7.43. The number of benzene rings is 2. The number of carbonyl (C=O) groups excluding carboxylic acids is 2. The highest BCUT2D eigenvalue weighted by atomic mass is 16.2. The summed E-state index contributed by atoms with van der Waals surface area (Å²) < 4.78 is 0. The summed E-state index contributed by atoms with van der Waals surface area (Å²) in [5.74, 6) is 0.0629. The van der Waals surface area contributed by atoms with Gasteiger partial charge in [-0.2, -0.15) is 0 Å². The number of piperazine rings is 1. The van der Waals surface area contributed by atoms with Gasteiger partial charge in [0.1, 0.15) is 0 Å². The SMILES string of the molecule is Cc1ccccc1CN1CCN(C(=O)c2ccc(N3CCNC3=O)cc2)CC1. The summed E-state index contributed by atoms with van der Waals surface area (Å²) in [5.41, 5.74) is 4.17. The molecular weight excluding hydrogens is 352 g/mol. The van der Waals surface area contributed by atoms with Crippen molar-refractivity contribution in [2.45, 2.75) is 13.5 Å². The number of hydrogen-bond acceptors (Lipinski definition) is 3. The smallest absolute Gasteiger partial charge is 0.321 e. The topological polar surface area (TPSA) is 55.9 Å². The summed E-state index contributed by atoms with van der Waals surface area (Å²) >= 11 is 0. The monoisotopic (exact) mass is 378 g/mol. The molecule has 2 aliphatic rings. The molecule has 3 amide bonds. The Morgan fingerprint density at radius 2 is 1.68 bits per heavy atom. The van der Waals surface area contributed by atoms with Crippen molar-refractivity contribution in [2.24, 2.45) is 0 Å². The van der Waals surface area contributed by atoms with E-state index < -0.39 is 0 Å². The van der Waals surface area contributed by atoms with Crippen LogP contribution in [0, 0.1) is 6.92 Å². The largest absolute Gasteiger partial charge is 0.336 e. The molecule has 2 fully saturated rings. The molecule has 28 heavy (non-hydrogen) atoms. The van der Waals surface area contributed by atoms with Gasteiger partial charge < -0.3 is 10.2 Å². The van der Waals surface area contributed by atoms with Gasteiger partial charge in [0, 0.05) is 57.1 Å². The molecule has 0 atom stereocenters. The lowest BCUT2D eigenvalue weighted by molar-refractivity contribution is 0.0628. The first-order valence-electron chi connectivity index (χ1n) is 9.83. The lowest BCUT2D eigenvalue weighted by Gasteiger charge is -2.35.